The Morgan fingerprint density at radius 3 is 2.86 bits per heavy atom. The van der Waals surface area contributed by atoms with E-state index >= 15 is 0 Å². The lowest BCUT2D eigenvalue weighted by atomic mass is 10.1. The minimum Gasteiger partial charge on any atom is -0.497 e. The quantitative estimate of drug-likeness (QED) is 0.864. The smallest absolute Gasteiger partial charge is 0.255 e. The second-order valence-electron chi connectivity index (χ2n) is 4.98. The van der Waals surface area contributed by atoms with Crippen LogP contribution in [0.1, 0.15) is 21.3 Å². The van der Waals surface area contributed by atoms with Crippen LogP contribution in [0.2, 0.25) is 0 Å². The van der Waals surface area contributed by atoms with Gasteiger partial charge in [-0.25, -0.2) is 4.39 Å². The van der Waals surface area contributed by atoms with E-state index < -0.39 is 0 Å². The molecule has 0 N–H and O–H groups in total. The summed E-state index contributed by atoms with van der Waals surface area (Å²) in [7, 11) is 1.57. The van der Waals surface area contributed by atoms with Crippen molar-refractivity contribution in [3.8, 4) is 5.75 Å². The van der Waals surface area contributed by atoms with Crippen LogP contribution in [0.25, 0.3) is 0 Å². The predicted molar refractivity (Wildman–Crippen MR) is 85.6 cm³/mol. The Balaban J connectivity index is 1.89. The maximum Gasteiger partial charge on any atom is 0.255 e. The summed E-state index contributed by atoms with van der Waals surface area (Å²) in [6.07, 6.45) is 0. The van der Waals surface area contributed by atoms with Crippen LogP contribution in [0.4, 0.5) is 4.39 Å². The van der Waals surface area contributed by atoms with Gasteiger partial charge in [-0.2, -0.15) is 0 Å². The molecule has 2 aromatic rings. The first-order chi connectivity index (χ1) is 10.7. The lowest BCUT2D eigenvalue weighted by Gasteiger charge is -2.24. The topological polar surface area (TPSA) is 29.5 Å². The Labute approximate surface area is 133 Å². The normalized spacial score (nSPS) is 17.5. The molecule has 1 amide bonds. The molecule has 114 valence electrons. The van der Waals surface area contributed by atoms with Gasteiger partial charge in [0.25, 0.3) is 5.91 Å². The van der Waals surface area contributed by atoms with Crippen LogP contribution in [0.5, 0.6) is 5.75 Å². The number of rotatable bonds is 3. The van der Waals surface area contributed by atoms with E-state index in [2.05, 4.69) is 0 Å². The molecule has 1 fully saturated rings. The number of hydrogen-bond acceptors (Lipinski definition) is 3. The summed E-state index contributed by atoms with van der Waals surface area (Å²) in [5, 5.41) is -0.278. The lowest BCUT2D eigenvalue weighted by Crippen LogP contribution is -2.30. The highest BCUT2D eigenvalue weighted by molar-refractivity contribution is 7.99. The largest absolute Gasteiger partial charge is 0.497 e. The number of ether oxygens (including phenoxy) is 1. The summed E-state index contributed by atoms with van der Waals surface area (Å²) >= 11 is 1.58. The molecular formula is C17H16FNO2S. The van der Waals surface area contributed by atoms with Gasteiger partial charge in [0.15, 0.2) is 0 Å². The Bertz CT molecular complexity index is 692. The average molecular weight is 317 g/mol. The summed E-state index contributed by atoms with van der Waals surface area (Å²) in [5.41, 5.74) is 1.12. The molecule has 0 radical (unpaired) electrons. The highest BCUT2D eigenvalue weighted by atomic mass is 32.2. The molecule has 0 saturated carbocycles. The van der Waals surface area contributed by atoms with Crippen molar-refractivity contribution in [3.05, 3.63) is 65.5 Å². The molecule has 3 rings (SSSR count). The van der Waals surface area contributed by atoms with Crippen LogP contribution in [0.15, 0.2) is 48.5 Å². The molecule has 22 heavy (non-hydrogen) atoms. The van der Waals surface area contributed by atoms with Crippen molar-refractivity contribution in [2.75, 3.05) is 19.4 Å². The van der Waals surface area contributed by atoms with Crippen molar-refractivity contribution >= 4 is 17.7 Å². The third-order valence-electron chi connectivity index (χ3n) is 3.64. The summed E-state index contributed by atoms with van der Waals surface area (Å²) in [6.45, 7) is 0.611. The van der Waals surface area contributed by atoms with Crippen molar-refractivity contribution in [1.82, 2.24) is 4.90 Å². The first-order valence-electron chi connectivity index (χ1n) is 7.02. The zero-order valence-electron chi connectivity index (χ0n) is 12.2. The fourth-order valence-corrected chi connectivity index (χ4v) is 3.81. The molecule has 0 aliphatic carbocycles. The van der Waals surface area contributed by atoms with Gasteiger partial charge in [0.2, 0.25) is 0 Å². The van der Waals surface area contributed by atoms with Gasteiger partial charge in [0.05, 0.1) is 7.11 Å². The molecule has 1 atom stereocenters. The van der Waals surface area contributed by atoms with Crippen molar-refractivity contribution in [1.29, 1.82) is 0 Å². The van der Waals surface area contributed by atoms with E-state index in [0.717, 1.165) is 5.75 Å². The minimum absolute atomic E-state index is 0.0999. The first-order valence-corrected chi connectivity index (χ1v) is 8.06. The number of carbonyl (C=O) groups is 1. The zero-order valence-corrected chi connectivity index (χ0v) is 13.0. The van der Waals surface area contributed by atoms with Gasteiger partial charge >= 0.3 is 0 Å². The van der Waals surface area contributed by atoms with E-state index in [9.17, 15) is 9.18 Å². The van der Waals surface area contributed by atoms with Gasteiger partial charge in [-0.3, -0.25) is 4.79 Å². The summed E-state index contributed by atoms with van der Waals surface area (Å²) in [6, 6.07) is 13.7. The third kappa shape index (κ3) is 2.81. The number of halogens is 1. The van der Waals surface area contributed by atoms with Crippen LogP contribution in [0, 0.1) is 5.82 Å². The predicted octanol–water partition coefficient (Wildman–Crippen LogP) is 3.72. The Morgan fingerprint density at radius 1 is 1.27 bits per heavy atom. The Kier molecular flexibility index (Phi) is 4.34. The lowest BCUT2D eigenvalue weighted by molar-refractivity contribution is 0.0758. The van der Waals surface area contributed by atoms with Crippen molar-refractivity contribution < 1.29 is 13.9 Å². The molecule has 0 unspecified atom stereocenters. The molecule has 1 heterocycles. The molecule has 5 heteroatoms. The molecule has 1 aliphatic heterocycles. The third-order valence-corrected chi connectivity index (χ3v) is 4.88. The van der Waals surface area contributed by atoms with Crippen LogP contribution < -0.4 is 4.74 Å². The van der Waals surface area contributed by atoms with Crippen molar-refractivity contribution in [3.63, 3.8) is 0 Å². The maximum atomic E-state index is 14.0. The zero-order chi connectivity index (χ0) is 15.5. The van der Waals surface area contributed by atoms with Gasteiger partial charge in [-0.1, -0.05) is 24.3 Å². The summed E-state index contributed by atoms with van der Waals surface area (Å²) in [4.78, 5) is 14.5. The standard InChI is InChI=1S/C17H16FNO2S/c1-21-13-6-4-5-12(11-13)16(20)19-9-10-22-17(19)14-7-2-3-8-15(14)18/h2-8,11,17H,9-10H2,1H3/t17-/m1/s1. The van der Waals surface area contributed by atoms with Gasteiger partial charge in [-0.05, 0) is 24.3 Å². The highest BCUT2D eigenvalue weighted by Crippen LogP contribution is 2.39. The molecule has 0 spiro atoms. The summed E-state index contributed by atoms with van der Waals surface area (Å²) in [5.74, 6) is 1.07. The summed E-state index contributed by atoms with van der Waals surface area (Å²) < 4.78 is 19.2. The van der Waals surface area contributed by atoms with Crippen LogP contribution in [0.3, 0.4) is 0 Å². The molecule has 3 nitrogen and oxygen atoms in total. The SMILES string of the molecule is COc1cccc(C(=O)N2CCS[C@@H]2c2ccccc2F)c1. The van der Waals surface area contributed by atoms with E-state index in [1.165, 1.54) is 6.07 Å². The van der Waals surface area contributed by atoms with Gasteiger partial charge in [-0.15, -0.1) is 11.8 Å². The van der Waals surface area contributed by atoms with Crippen molar-refractivity contribution in [2.24, 2.45) is 0 Å². The number of methoxy groups -OCH3 is 1. The number of hydrogen-bond donors (Lipinski definition) is 0. The Morgan fingerprint density at radius 2 is 2.09 bits per heavy atom. The average Bonchev–Trinajstić information content (AvgIpc) is 3.04. The van der Waals surface area contributed by atoms with E-state index in [1.807, 2.05) is 0 Å². The second-order valence-corrected chi connectivity index (χ2v) is 6.16. The van der Waals surface area contributed by atoms with E-state index in [-0.39, 0.29) is 17.1 Å². The first kappa shape index (κ1) is 14.9. The molecule has 1 saturated heterocycles. The van der Waals surface area contributed by atoms with Gasteiger partial charge < -0.3 is 9.64 Å². The number of carbonyl (C=O) groups excluding carboxylic acids is 1. The van der Waals surface area contributed by atoms with E-state index in [4.69, 9.17) is 4.74 Å². The number of benzene rings is 2. The maximum absolute atomic E-state index is 14.0. The van der Waals surface area contributed by atoms with Crippen LogP contribution in [-0.2, 0) is 0 Å². The molecule has 0 aromatic heterocycles. The molecule has 1 aliphatic rings. The second kappa shape index (κ2) is 6.40. The van der Waals surface area contributed by atoms with Gasteiger partial charge in [0, 0.05) is 23.4 Å². The minimum atomic E-state index is -0.278. The molecule has 0 bridgehead atoms. The van der Waals surface area contributed by atoms with E-state index in [0.29, 0.717) is 23.4 Å². The van der Waals surface area contributed by atoms with Gasteiger partial charge in [0.1, 0.15) is 16.9 Å². The molecule has 2 aromatic carbocycles. The molecular weight excluding hydrogens is 301 g/mol. The van der Waals surface area contributed by atoms with E-state index in [1.54, 1.807) is 66.2 Å². The fraction of sp³-hybridized carbons (Fsp3) is 0.235. The van der Waals surface area contributed by atoms with Crippen LogP contribution >= 0.6 is 11.8 Å². The highest BCUT2D eigenvalue weighted by Gasteiger charge is 2.32. The number of nitrogens with zero attached hydrogens (tertiary/aromatic N) is 1. The monoisotopic (exact) mass is 317 g/mol. The number of thioether (sulfide) groups is 1. The van der Waals surface area contributed by atoms with Crippen molar-refractivity contribution in [2.45, 2.75) is 5.37 Å². The fourth-order valence-electron chi connectivity index (χ4n) is 2.53. The van der Waals surface area contributed by atoms with Crippen LogP contribution in [-0.4, -0.2) is 30.2 Å². The number of amides is 1. The Hall–Kier alpha value is -2.01.